The van der Waals surface area contributed by atoms with Crippen LogP contribution < -0.4 is 10.1 Å². The molecule has 134 valence electrons. The van der Waals surface area contributed by atoms with Gasteiger partial charge >= 0.3 is 0 Å². The second-order valence-electron chi connectivity index (χ2n) is 6.05. The van der Waals surface area contributed by atoms with Crippen LogP contribution in [0.1, 0.15) is 16.8 Å². The second kappa shape index (κ2) is 8.83. The molecule has 1 saturated heterocycles. The van der Waals surface area contributed by atoms with E-state index in [1.54, 1.807) is 36.4 Å². The predicted molar refractivity (Wildman–Crippen MR) is 98.1 cm³/mol. The van der Waals surface area contributed by atoms with Gasteiger partial charge in [-0.1, -0.05) is 6.07 Å². The number of benzene rings is 2. The molecule has 4 nitrogen and oxygen atoms in total. The van der Waals surface area contributed by atoms with Crippen molar-refractivity contribution in [2.75, 3.05) is 26.7 Å². The van der Waals surface area contributed by atoms with Crippen LogP contribution in [0.5, 0.6) is 11.5 Å². The zero-order chi connectivity index (χ0) is 16.9. The van der Waals surface area contributed by atoms with E-state index in [9.17, 15) is 9.18 Å². The Hall–Kier alpha value is -2.11. The van der Waals surface area contributed by atoms with E-state index >= 15 is 0 Å². The van der Waals surface area contributed by atoms with Gasteiger partial charge in [0.25, 0.3) is 5.91 Å². The lowest BCUT2D eigenvalue weighted by Gasteiger charge is -2.17. The molecule has 2 aromatic carbocycles. The smallest absolute Gasteiger partial charge is 0.253 e. The number of carbonyl (C=O) groups is 1. The summed E-state index contributed by atoms with van der Waals surface area (Å²) in [6.45, 7) is 2.53. The molecule has 1 amide bonds. The molecule has 0 spiro atoms. The van der Waals surface area contributed by atoms with Crippen LogP contribution in [-0.2, 0) is 0 Å². The highest BCUT2D eigenvalue weighted by atomic mass is 35.5. The highest BCUT2D eigenvalue weighted by Gasteiger charge is 2.26. The van der Waals surface area contributed by atoms with Crippen LogP contribution in [0.4, 0.5) is 4.39 Å². The zero-order valence-electron chi connectivity index (χ0n) is 14.1. The maximum Gasteiger partial charge on any atom is 0.253 e. The van der Waals surface area contributed by atoms with Crippen molar-refractivity contribution in [1.29, 1.82) is 0 Å². The van der Waals surface area contributed by atoms with Gasteiger partial charge in [0.1, 0.15) is 17.3 Å². The predicted octanol–water partition coefficient (Wildman–Crippen LogP) is 3.72. The summed E-state index contributed by atoms with van der Waals surface area (Å²) < 4.78 is 18.8. The van der Waals surface area contributed by atoms with Crippen LogP contribution in [-0.4, -0.2) is 37.5 Å². The number of rotatable bonds is 5. The Balaban J connectivity index is 0.00000225. The van der Waals surface area contributed by atoms with Gasteiger partial charge in [0.05, 0.1) is 0 Å². The molecule has 1 N–H and O–H groups in total. The molecule has 6 heteroatoms. The lowest BCUT2D eigenvalue weighted by atomic mass is 10.1. The maximum atomic E-state index is 13.2. The van der Waals surface area contributed by atoms with Crippen molar-refractivity contribution in [1.82, 2.24) is 10.2 Å². The van der Waals surface area contributed by atoms with Crippen molar-refractivity contribution in [3.05, 3.63) is 59.9 Å². The summed E-state index contributed by atoms with van der Waals surface area (Å²) in [5.41, 5.74) is 0.645. The topological polar surface area (TPSA) is 41.6 Å². The lowest BCUT2D eigenvalue weighted by Crippen LogP contribution is -2.30. The summed E-state index contributed by atoms with van der Waals surface area (Å²) in [7, 11) is 1.93. The summed E-state index contributed by atoms with van der Waals surface area (Å²) in [4.78, 5) is 14.4. The number of ether oxygens (including phenoxy) is 1. The number of carbonyl (C=O) groups excluding carboxylic acids is 1. The molecule has 0 aromatic heterocycles. The standard InChI is InChI=1S/C19H21FN2O2.ClH/c1-21-12-14-9-10-22(13-14)19(23)15-5-7-17(8-6-15)24-18-4-2-3-16(20)11-18;/h2-8,11,14,21H,9-10,12-13H2,1H3;1H. The molecule has 1 aliphatic heterocycles. The van der Waals surface area contributed by atoms with Gasteiger partial charge in [-0.05, 0) is 62.3 Å². The number of nitrogens with one attached hydrogen (secondary N) is 1. The molecular weight excluding hydrogens is 343 g/mol. The van der Waals surface area contributed by atoms with Gasteiger partial charge in [-0.25, -0.2) is 4.39 Å². The number of nitrogens with zero attached hydrogens (tertiary/aromatic N) is 1. The lowest BCUT2D eigenvalue weighted by molar-refractivity contribution is 0.0787. The molecule has 1 heterocycles. The van der Waals surface area contributed by atoms with E-state index in [0.717, 1.165) is 26.1 Å². The Bertz CT molecular complexity index is 709. The average molecular weight is 365 g/mol. The highest BCUT2D eigenvalue weighted by molar-refractivity contribution is 5.94. The Morgan fingerprint density at radius 1 is 1.24 bits per heavy atom. The monoisotopic (exact) mass is 364 g/mol. The van der Waals surface area contributed by atoms with Crippen LogP contribution >= 0.6 is 12.4 Å². The molecule has 1 unspecified atom stereocenters. The third-order valence-corrected chi connectivity index (χ3v) is 4.20. The number of hydrogen-bond donors (Lipinski definition) is 1. The Morgan fingerprint density at radius 2 is 2.00 bits per heavy atom. The van der Waals surface area contributed by atoms with Gasteiger partial charge in [0.2, 0.25) is 0 Å². The van der Waals surface area contributed by atoms with Crippen molar-refractivity contribution >= 4 is 18.3 Å². The second-order valence-corrected chi connectivity index (χ2v) is 6.05. The van der Waals surface area contributed by atoms with Crippen molar-refractivity contribution in [3.8, 4) is 11.5 Å². The Labute approximate surface area is 153 Å². The number of hydrogen-bond acceptors (Lipinski definition) is 3. The van der Waals surface area contributed by atoms with Gasteiger partial charge in [0.15, 0.2) is 0 Å². The Kier molecular flexibility index (Phi) is 6.79. The van der Waals surface area contributed by atoms with Crippen molar-refractivity contribution < 1.29 is 13.9 Å². The van der Waals surface area contributed by atoms with E-state index in [4.69, 9.17) is 4.74 Å². The molecule has 0 radical (unpaired) electrons. The molecule has 0 aliphatic carbocycles. The molecule has 25 heavy (non-hydrogen) atoms. The van der Waals surface area contributed by atoms with Crippen molar-refractivity contribution in [2.45, 2.75) is 6.42 Å². The van der Waals surface area contributed by atoms with Crippen LogP contribution in [0.3, 0.4) is 0 Å². The fraction of sp³-hybridized carbons (Fsp3) is 0.316. The van der Waals surface area contributed by atoms with Crippen LogP contribution in [0.2, 0.25) is 0 Å². The molecule has 1 atom stereocenters. The summed E-state index contributed by atoms with van der Waals surface area (Å²) >= 11 is 0. The van der Waals surface area contributed by atoms with E-state index in [-0.39, 0.29) is 24.1 Å². The summed E-state index contributed by atoms with van der Waals surface area (Å²) in [5.74, 6) is 1.24. The minimum Gasteiger partial charge on any atom is -0.457 e. The molecule has 1 aliphatic rings. The van der Waals surface area contributed by atoms with Crippen molar-refractivity contribution in [3.63, 3.8) is 0 Å². The first kappa shape index (κ1) is 19.2. The third-order valence-electron chi connectivity index (χ3n) is 4.20. The molecule has 2 aromatic rings. The first-order valence-electron chi connectivity index (χ1n) is 8.13. The fourth-order valence-corrected chi connectivity index (χ4v) is 2.99. The minimum absolute atomic E-state index is 0. The van der Waals surface area contributed by atoms with E-state index in [2.05, 4.69) is 5.32 Å². The Morgan fingerprint density at radius 3 is 2.68 bits per heavy atom. The van der Waals surface area contributed by atoms with E-state index in [1.807, 2.05) is 11.9 Å². The van der Waals surface area contributed by atoms with E-state index in [1.165, 1.54) is 12.1 Å². The molecule has 1 fully saturated rings. The number of likely N-dealkylation sites (tertiary alicyclic amines) is 1. The van der Waals surface area contributed by atoms with Gasteiger partial charge < -0.3 is 15.0 Å². The minimum atomic E-state index is -0.343. The van der Waals surface area contributed by atoms with E-state index < -0.39 is 0 Å². The van der Waals surface area contributed by atoms with Gasteiger partial charge in [-0.2, -0.15) is 0 Å². The van der Waals surface area contributed by atoms with Crippen molar-refractivity contribution in [2.24, 2.45) is 5.92 Å². The van der Waals surface area contributed by atoms with E-state index in [0.29, 0.717) is 23.0 Å². The maximum absolute atomic E-state index is 13.2. The fourth-order valence-electron chi connectivity index (χ4n) is 2.99. The summed E-state index contributed by atoms with van der Waals surface area (Å²) in [5, 5.41) is 3.16. The number of amides is 1. The number of halogens is 2. The third kappa shape index (κ3) is 4.94. The first-order valence-corrected chi connectivity index (χ1v) is 8.13. The normalized spacial score (nSPS) is 16.4. The largest absolute Gasteiger partial charge is 0.457 e. The van der Waals surface area contributed by atoms with Gasteiger partial charge in [-0.15, -0.1) is 12.4 Å². The molecule has 0 bridgehead atoms. The molecular formula is C19H22ClFN2O2. The first-order chi connectivity index (χ1) is 11.7. The van der Waals surface area contributed by atoms with Crippen LogP contribution in [0.25, 0.3) is 0 Å². The molecule has 0 saturated carbocycles. The van der Waals surface area contributed by atoms with Crippen LogP contribution in [0, 0.1) is 11.7 Å². The zero-order valence-corrected chi connectivity index (χ0v) is 14.9. The van der Waals surface area contributed by atoms with Gasteiger partial charge in [0, 0.05) is 24.7 Å². The van der Waals surface area contributed by atoms with Crippen LogP contribution in [0.15, 0.2) is 48.5 Å². The molecule has 3 rings (SSSR count). The summed E-state index contributed by atoms with van der Waals surface area (Å²) in [6.07, 6.45) is 1.04. The average Bonchev–Trinajstić information content (AvgIpc) is 3.04. The SMILES string of the molecule is CNCC1CCN(C(=O)c2ccc(Oc3cccc(F)c3)cc2)C1.Cl. The van der Waals surface area contributed by atoms with Gasteiger partial charge in [-0.3, -0.25) is 4.79 Å². The highest BCUT2D eigenvalue weighted by Crippen LogP contribution is 2.24. The summed E-state index contributed by atoms with van der Waals surface area (Å²) in [6, 6.07) is 13.0. The quantitative estimate of drug-likeness (QED) is 0.879.